The monoisotopic (exact) mass is 274 g/mol. The maximum Gasteiger partial charge on any atom is 0.265 e. The number of fused-ring (bicyclic) bond motifs is 1. The third kappa shape index (κ3) is 2.21. The minimum Gasteiger partial charge on any atom is -0.478 e. The van der Waals surface area contributed by atoms with Gasteiger partial charge in [-0.1, -0.05) is 6.92 Å². The maximum atomic E-state index is 11.8. The van der Waals surface area contributed by atoms with E-state index in [-0.39, 0.29) is 12.0 Å². The first kappa shape index (κ1) is 12.2. The molecule has 3 rings (SSSR count). The van der Waals surface area contributed by atoms with Crippen LogP contribution in [0.3, 0.4) is 0 Å². The maximum absolute atomic E-state index is 11.8. The van der Waals surface area contributed by atoms with E-state index in [1.54, 1.807) is 11.3 Å². The van der Waals surface area contributed by atoms with Gasteiger partial charge in [-0.05, 0) is 31.5 Å². The molecule has 0 aliphatic carbocycles. The smallest absolute Gasteiger partial charge is 0.265 e. The van der Waals surface area contributed by atoms with Crippen molar-refractivity contribution in [2.45, 2.75) is 26.4 Å². The Morgan fingerprint density at radius 2 is 2.32 bits per heavy atom. The number of anilines is 1. The van der Waals surface area contributed by atoms with Crippen LogP contribution in [0.1, 0.15) is 18.4 Å². The van der Waals surface area contributed by atoms with E-state index in [2.05, 4.69) is 10.3 Å². The Kier molecular flexibility index (Phi) is 2.98. The molecular formula is C14H14N2O2S. The second kappa shape index (κ2) is 4.66. The van der Waals surface area contributed by atoms with Gasteiger partial charge in [0.05, 0.1) is 16.4 Å². The van der Waals surface area contributed by atoms with Crippen molar-refractivity contribution in [2.24, 2.45) is 0 Å². The number of ether oxygens (including phenoxy) is 1. The Balaban J connectivity index is 1.97. The highest BCUT2D eigenvalue weighted by molar-refractivity contribution is 7.09. The van der Waals surface area contributed by atoms with Crippen LogP contribution < -0.4 is 10.1 Å². The highest BCUT2D eigenvalue weighted by Gasteiger charge is 2.26. The third-order valence-electron chi connectivity index (χ3n) is 3.08. The van der Waals surface area contributed by atoms with Gasteiger partial charge in [0.1, 0.15) is 5.75 Å². The molecule has 0 saturated heterocycles. The summed E-state index contributed by atoms with van der Waals surface area (Å²) in [5, 5.41) is 5.93. The fourth-order valence-electron chi connectivity index (χ4n) is 2.07. The van der Waals surface area contributed by atoms with Crippen LogP contribution in [0.25, 0.3) is 11.3 Å². The number of carbonyl (C=O) groups excluding carboxylic acids is 1. The molecule has 1 amide bonds. The van der Waals surface area contributed by atoms with Crippen molar-refractivity contribution >= 4 is 22.9 Å². The summed E-state index contributed by atoms with van der Waals surface area (Å²) in [6.45, 7) is 3.91. The Labute approximate surface area is 115 Å². The largest absolute Gasteiger partial charge is 0.478 e. The van der Waals surface area contributed by atoms with Gasteiger partial charge in [0.15, 0.2) is 6.10 Å². The number of hydrogen-bond donors (Lipinski definition) is 1. The van der Waals surface area contributed by atoms with E-state index in [0.29, 0.717) is 6.42 Å². The average molecular weight is 274 g/mol. The van der Waals surface area contributed by atoms with Crippen molar-refractivity contribution in [3.8, 4) is 17.0 Å². The fraction of sp³-hybridized carbons (Fsp3) is 0.286. The van der Waals surface area contributed by atoms with Gasteiger partial charge in [0.2, 0.25) is 0 Å². The van der Waals surface area contributed by atoms with Gasteiger partial charge in [-0.15, -0.1) is 11.3 Å². The first-order valence-electron chi connectivity index (χ1n) is 6.21. The molecule has 1 unspecified atom stereocenters. The molecule has 0 saturated carbocycles. The first-order valence-corrected chi connectivity index (χ1v) is 7.09. The second-order valence-electron chi connectivity index (χ2n) is 4.47. The van der Waals surface area contributed by atoms with Crippen LogP contribution in [0.5, 0.6) is 5.75 Å². The minimum atomic E-state index is -0.389. The Morgan fingerprint density at radius 3 is 3.00 bits per heavy atom. The molecule has 0 spiro atoms. The lowest BCUT2D eigenvalue weighted by Crippen LogP contribution is -2.36. The number of nitrogens with zero attached hydrogens (tertiary/aromatic N) is 1. The van der Waals surface area contributed by atoms with Crippen molar-refractivity contribution in [3.63, 3.8) is 0 Å². The van der Waals surface area contributed by atoms with E-state index in [9.17, 15) is 4.79 Å². The standard InChI is InChI=1S/C14H14N2O2S/c1-3-12-14(17)16-10-6-9(4-5-13(10)18-12)11-7-19-8(2)15-11/h4-7,12H,3H2,1-2H3,(H,16,17). The van der Waals surface area contributed by atoms with Crippen LogP contribution >= 0.6 is 11.3 Å². The first-order chi connectivity index (χ1) is 9.17. The molecule has 98 valence electrons. The molecule has 2 aromatic rings. The van der Waals surface area contributed by atoms with E-state index in [4.69, 9.17) is 4.74 Å². The average Bonchev–Trinajstić information content (AvgIpc) is 2.84. The van der Waals surface area contributed by atoms with Gasteiger partial charge >= 0.3 is 0 Å². The SMILES string of the molecule is CCC1Oc2ccc(-c3csc(C)n3)cc2NC1=O. The number of hydrogen-bond acceptors (Lipinski definition) is 4. The third-order valence-corrected chi connectivity index (χ3v) is 3.86. The van der Waals surface area contributed by atoms with Gasteiger partial charge in [-0.25, -0.2) is 4.98 Å². The lowest BCUT2D eigenvalue weighted by atomic mass is 10.1. The molecule has 0 fully saturated rings. The summed E-state index contributed by atoms with van der Waals surface area (Å²) >= 11 is 1.61. The number of rotatable bonds is 2. The van der Waals surface area contributed by atoms with Crippen LogP contribution in [-0.2, 0) is 4.79 Å². The summed E-state index contributed by atoms with van der Waals surface area (Å²) in [4.78, 5) is 16.2. The van der Waals surface area contributed by atoms with Crippen LogP contribution in [0.2, 0.25) is 0 Å². The normalized spacial score (nSPS) is 17.6. The number of benzene rings is 1. The fourth-order valence-corrected chi connectivity index (χ4v) is 2.70. The molecule has 1 aromatic heterocycles. The van der Waals surface area contributed by atoms with Gasteiger partial charge in [0, 0.05) is 10.9 Å². The summed E-state index contributed by atoms with van der Waals surface area (Å²) in [5.41, 5.74) is 2.64. The lowest BCUT2D eigenvalue weighted by Gasteiger charge is -2.25. The van der Waals surface area contributed by atoms with Crippen molar-refractivity contribution < 1.29 is 9.53 Å². The van der Waals surface area contributed by atoms with E-state index in [1.807, 2.05) is 37.4 Å². The quantitative estimate of drug-likeness (QED) is 0.914. The van der Waals surface area contributed by atoms with Crippen molar-refractivity contribution in [1.82, 2.24) is 4.98 Å². The van der Waals surface area contributed by atoms with E-state index < -0.39 is 0 Å². The summed E-state index contributed by atoms with van der Waals surface area (Å²) < 4.78 is 5.66. The van der Waals surface area contributed by atoms with E-state index >= 15 is 0 Å². The van der Waals surface area contributed by atoms with Crippen LogP contribution in [0.4, 0.5) is 5.69 Å². The van der Waals surface area contributed by atoms with Gasteiger partial charge in [-0.2, -0.15) is 0 Å². The van der Waals surface area contributed by atoms with E-state index in [0.717, 1.165) is 27.7 Å². The van der Waals surface area contributed by atoms with Crippen molar-refractivity contribution in [3.05, 3.63) is 28.6 Å². The zero-order chi connectivity index (χ0) is 13.4. The molecule has 0 radical (unpaired) electrons. The Hall–Kier alpha value is -1.88. The predicted molar refractivity (Wildman–Crippen MR) is 75.6 cm³/mol. The Bertz CT molecular complexity index is 636. The van der Waals surface area contributed by atoms with Crippen molar-refractivity contribution in [1.29, 1.82) is 0 Å². The predicted octanol–water partition coefficient (Wildman–Crippen LogP) is 3.23. The molecule has 19 heavy (non-hydrogen) atoms. The second-order valence-corrected chi connectivity index (χ2v) is 5.53. The molecule has 1 atom stereocenters. The zero-order valence-electron chi connectivity index (χ0n) is 10.8. The summed E-state index contributed by atoms with van der Waals surface area (Å²) in [7, 11) is 0. The van der Waals surface area contributed by atoms with E-state index in [1.165, 1.54) is 0 Å². The molecule has 5 heteroatoms. The van der Waals surface area contributed by atoms with Crippen LogP contribution in [0.15, 0.2) is 23.6 Å². The summed E-state index contributed by atoms with van der Waals surface area (Å²) in [6, 6.07) is 5.77. The molecule has 0 bridgehead atoms. The zero-order valence-corrected chi connectivity index (χ0v) is 11.6. The number of nitrogens with one attached hydrogen (secondary N) is 1. The summed E-state index contributed by atoms with van der Waals surface area (Å²) in [6.07, 6.45) is 0.276. The summed E-state index contributed by atoms with van der Waals surface area (Å²) in [5.74, 6) is 0.642. The highest BCUT2D eigenvalue weighted by Crippen LogP contribution is 2.34. The highest BCUT2D eigenvalue weighted by atomic mass is 32.1. The van der Waals surface area contributed by atoms with Crippen LogP contribution in [-0.4, -0.2) is 17.0 Å². The van der Waals surface area contributed by atoms with Crippen LogP contribution in [0, 0.1) is 6.92 Å². The number of aromatic nitrogens is 1. The lowest BCUT2D eigenvalue weighted by molar-refractivity contribution is -0.123. The molecule has 1 aliphatic heterocycles. The van der Waals surface area contributed by atoms with Crippen molar-refractivity contribution in [2.75, 3.05) is 5.32 Å². The Morgan fingerprint density at radius 1 is 1.47 bits per heavy atom. The molecule has 1 N–H and O–H groups in total. The topological polar surface area (TPSA) is 51.2 Å². The number of amides is 1. The number of thiazole rings is 1. The van der Waals surface area contributed by atoms with Gasteiger partial charge in [-0.3, -0.25) is 4.79 Å². The molecule has 2 heterocycles. The van der Waals surface area contributed by atoms with Gasteiger partial charge in [0.25, 0.3) is 5.91 Å². The molecular weight excluding hydrogens is 260 g/mol. The molecule has 4 nitrogen and oxygen atoms in total. The van der Waals surface area contributed by atoms with Gasteiger partial charge < -0.3 is 10.1 Å². The number of aryl methyl sites for hydroxylation is 1. The molecule has 1 aliphatic rings. The molecule has 1 aromatic carbocycles. The minimum absolute atomic E-state index is 0.0818. The number of carbonyl (C=O) groups is 1.